The summed E-state index contributed by atoms with van der Waals surface area (Å²) in [6.45, 7) is 2.11. The average molecular weight is 672 g/mol. The van der Waals surface area contributed by atoms with Gasteiger partial charge in [-0.25, -0.2) is 4.39 Å². The summed E-state index contributed by atoms with van der Waals surface area (Å²) in [6.07, 6.45) is 0. The molecule has 0 atom stereocenters. The lowest BCUT2D eigenvalue weighted by atomic mass is 9.70. The SMILES string of the molecule is Cc1ccc(N(c2cccc(F)c2)c2cc3c(c4c2sc2ccccc24)-c2c(ccc4ccccc24)C32c3ccccc3-c3ccccc32)cc1. The fourth-order valence-corrected chi connectivity index (χ4v) is 10.4. The molecule has 0 saturated carbocycles. The molecule has 2 aliphatic rings. The highest BCUT2D eigenvalue weighted by Crippen LogP contribution is 2.66. The largest absolute Gasteiger partial charge is 0.309 e. The molecule has 51 heavy (non-hydrogen) atoms. The third kappa shape index (κ3) is 3.79. The first-order valence-corrected chi connectivity index (χ1v) is 18.3. The van der Waals surface area contributed by atoms with Gasteiger partial charge in [0.25, 0.3) is 0 Å². The zero-order valence-electron chi connectivity index (χ0n) is 27.8. The Bertz CT molecular complexity index is 2850. The molecule has 1 spiro atoms. The van der Waals surface area contributed by atoms with E-state index in [1.807, 2.05) is 23.5 Å². The Kier molecular flexibility index (Phi) is 5.92. The molecule has 0 aliphatic heterocycles. The van der Waals surface area contributed by atoms with Crippen molar-refractivity contribution in [2.45, 2.75) is 12.3 Å². The van der Waals surface area contributed by atoms with Gasteiger partial charge in [0.05, 0.1) is 15.8 Å². The van der Waals surface area contributed by atoms with Gasteiger partial charge in [-0.05, 0) is 105 Å². The lowest BCUT2D eigenvalue weighted by molar-refractivity contribution is 0.628. The van der Waals surface area contributed by atoms with Crippen LogP contribution in [0.3, 0.4) is 0 Å². The molecule has 1 nitrogen and oxygen atoms in total. The quantitative estimate of drug-likeness (QED) is 0.181. The molecule has 11 rings (SSSR count). The van der Waals surface area contributed by atoms with Crippen LogP contribution < -0.4 is 4.90 Å². The molecule has 9 aromatic rings. The molecule has 0 N–H and O–H groups in total. The number of aryl methyl sites for hydroxylation is 1. The maximum absolute atomic E-state index is 15.2. The van der Waals surface area contributed by atoms with Gasteiger partial charge in [0, 0.05) is 26.8 Å². The summed E-state index contributed by atoms with van der Waals surface area (Å²) >= 11 is 1.83. The Morgan fingerprint density at radius 3 is 1.98 bits per heavy atom. The van der Waals surface area contributed by atoms with Crippen LogP contribution in [0.1, 0.15) is 27.8 Å². The molecular weight excluding hydrogens is 642 g/mol. The van der Waals surface area contributed by atoms with Gasteiger partial charge < -0.3 is 4.90 Å². The second-order valence-electron chi connectivity index (χ2n) is 13.8. The number of rotatable bonds is 3. The number of benzene rings is 8. The molecule has 0 amide bonds. The van der Waals surface area contributed by atoms with Crippen molar-refractivity contribution in [2.75, 3.05) is 4.90 Å². The van der Waals surface area contributed by atoms with E-state index in [1.165, 1.54) is 87.1 Å². The van der Waals surface area contributed by atoms with E-state index in [0.717, 1.165) is 17.1 Å². The van der Waals surface area contributed by atoms with Crippen LogP contribution in [0.25, 0.3) is 53.2 Å². The molecule has 0 fully saturated rings. The van der Waals surface area contributed by atoms with E-state index in [0.29, 0.717) is 0 Å². The van der Waals surface area contributed by atoms with Crippen molar-refractivity contribution in [3.05, 3.63) is 197 Å². The summed E-state index contributed by atoms with van der Waals surface area (Å²) < 4.78 is 17.6. The fourth-order valence-electron chi connectivity index (χ4n) is 9.15. The Labute approximate surface area is 299 Å². The van der Waals surface area contributed by atoms with E-state index >= 15 is 4.39 Å². The van der Waals surface area contributed by atoms with Crippen molar-refractivity contribution in [3.8, 4) is 22.3 Å². The van der Waals surface area contributed by atoms with Crippen LogP contribution in [-0.4, -0.2) is 0 Å². The smallest absolute Gasteiger partial charge is 0.125 e. The van der Waals surface area contributed by atoms with E-state index in [1.54, 1.807) is 6.07 Å². The van der Waals surface area contributed by atoms with Gasteiger partial charge in [-0.1, -0.05) is 127 Å². The average Bonchev–Trinajstić information content (AvgIpc) is 3.80. The van der Waals surface area contributed by atoms with Crippen LogP contribution in [0.15, 0.2) is 164 Å². The second-order valence-corrected chi connectivity index (χ2v) is 14.9. The van der Waals surface area contributed by atoms with Crippen molar-refractivity contribution < 1.29 is 4.39 Å². The monoisotopic (exact) mass is 671 g/mol. The van der Waals surface area contributed by atoms with Crippen LogP contribution >= 0.6 is 11.3 Å². The third-order valence-electron chi connectivity index (χ3n) is 11.2. The molecule has 8 aromatic carbocycles. The molecule has 1 aromatic heterocycles. The highest BCUT2D eigenvalue weighted by atomic mass is 32.1. The van der Waals surface area contributed by atoms with Gasteiger partial charge in [0.2, 0.25) is 0 Å². The maximum Gasteiger partial charge on any atom is 0.125 e. The first-order valence-electron chi connectivity index (χ1n) is 17.5. The van der Waals surface area contributed by atoms with Crippen LogP contribution in [0.4, 0.5) is 21.5 Å². The summed E-state index contributed by atoms with van der Waals surface area (Å²) in [5.41, 5.74) is 13.8. The lowest BCUT2D eigenvalue weighted by Crippen LogP contribution is -2.26. The Hall–Kier alpha value is -6.03. The predicted octanol–water partition coefficient (Wildman–Crippen LogP) is 13.5. The first-order chi connectivity index (χ1) is 25.1. The van der Waals surface area contributed by atoms with Crippen molar-refractivity contribution in [2.24, 2.45) is 0 Å². The van der Waals surface area contributed by atoms with Gasteiger partial charge in [0.15, 0.2) is 0 Å². The van der Waals surface area contributed by atoms with Crippen molar-refractivity contribution in [1.29, 1.82) is 0 Å². The first kappa shape index (κ1) is 28.8. The minimum absolute atomic E-state index is 0.257. The Morgan fingerprint density at radius 1 is 0.529 bits per heavy atom. The van der Waals surface area contributed by atoms with Gasteiger partial charge in [-0.3, -0.25) is 0 Å². The predicted molar refractivity (Wildman–Crippen MR) is 213 cm³/mol. The summed E-state index contributed by atoms with van der Waals surface area (Å²) in [6, 6.07) is 58.4. The number of anilines is 3. The number of hydrogen-bond donors (Lipinski definition) is 0. The molecule has 3 heteroatoms. The minimum Gasteiger partial charge on any atom is -0.309 e. The van der Waals surface area contributed by atoms with E-state index < -0.39 is 5.41 Å². The molecule has 2 aliphatic carbocycles. The van der Waals surface area contributed by atoms with Crippen LogP contribution in [0.5, 0.6) is 0 Å². The standard InChI is InChI=1S/C48H30FNS/c1-29-21-24-32(25-22-29)50(33-13-10-12-31(49)27-33)42-28-41-46(45-37-17-6-9-20-43(37)51-47(42)45)44-34-14-3-2-11-30(34)23-26-40(44)48(41)38-18-7-4-15-35(38)36-16-5-8-19-39(36)48/h2-28H,1H3. The lowest BCUT2D eigenvalue weighted by Gasteiger charge is -2.32. The van der Waals surface area contributed by atoms with E-state index in [2.05, 4.69) is 151 Å². The number of nitrogens with zero attached hydrogens (tertiary/aromatic N) is 1. The summed E-state index contributed by atoms with van der Waals surface area (Å²) in [7, 11) is 0. The molecule has 1 heterocycles. The topological polar surface area (TPSA) is 3.24 Å². The maximum atomic E-state index is 15.2. The Morgan fingerprint density at radius 2 is 1.22 bits per heavy atom. The van der Waals surface area contributed by atoms with Crippen molar-refractivity contribution in [1.82, 2.24) is 0 Å². The van der Waals surface area contributed by atoms with Gasteiger partial charge >= 0.3 is 0 Å². The number of halogens is 1. The Balaban J connectivity index is 1.39. The molecular formula is C48H30FNS. The van der Waals surface area contributed by atoms with Crippen LogP contribution in [0.2, 0.25) is 0 Å². The number of hydrogen-bond acceptors (Lipinski definition) is 2. The van der Waals surface area contributed by atoms with Gasteiger partial charge in [0.1, 0.15) is 5.82 Å². The zero-order valence-corrected chi connectivity index (χ0v) is 28.6. The van der Waals surface area contributed by atoms with Crippen LogP contribution in [-0.2, 0) is 5.41 Å². The summed E-state index contributed by atoms with van der Waals surface area (Å²) in [5.74, 6) is -0.257. The minimum atomic E-state index is -0.547. The normalized spacial score (nSPS) is 13.5. The highest BCUT2D eigenvalue weighted by Gasteiger charge is 2.53. The highest BCUT2D eigenvalue weighted by molar-refractivity contribution is 7.26. The number of thiophene rings is 1. The zero-order chi connectivity index (χ0) is 33.8. The molecule has 0 saturated heterocycles. The molecule has 0 unspecified atom stereocenters. The summed E-state index contributed by atoms with van der Waals surface area (Å²) in [4.78, 5) is 2.27. The number of fused-ring (bicyclic) bond motifs is 16. The summed E-state index contributed by atoms with van der Waals surface area (Å²) in [5, 5.41) is 5.00. The van der Waals surface area contributed by atoms with Crippen molar-refractivity contribution >= 4 is 59.3 Å². The van der Waals surface area contributed by atoms with Gasteiger partial charge in [-0.15, -0.1) is 11.3 Å². The van der Waals surface area contributed by atoms with Gasteiger partial charge in [-0.2, -0.15) is 0 Å². The third-order valence-corrected chi connectivity index (χ3v) is 12.4. The van der Waals surface area contributed by atoms with E-state index in [-0.39, 0.29) is 5.82 Å². The van der Waals surface area contributed by atoms with E-state index in [9.17, 15) is 0 Å². The van der Waals surface area contributed by atoms with Crippen molar-refractivity contribution in [3.63, 3.8) is 0 Å². The molecule has 0 bridgehead atoms. The molecule has 240 valence electrons. The fraction of sp³-hybridized carbons (Fsp3) is 0.0417. The van der Waals surface area contributed by atoms with Crippen LogP contribution in [0, 0.1) is 12.7 Å². The van der Waals surface area contributed by atoms with E-state index in [4.69, 9.17) is 0 Å². The molecule has 0 radical (unpaired) electrons. The second kappa shape index (κ2) is 10.5.